The quantitative estimate of drug-likeness (QED) is 0.156. The molecule has 13 heteroatoms. The van der Waals surface area contributed by atoms with Crippen LogP contribution >= 0.6 is 0 Å². The molecule has 4 aliphatic heterocycles. The molecule has 0 atom stereocenters. The summed E-state index contributed by atoms with van der Waals surface area (Å²) in [4.78, 5) is 30.6. The predicted octanol–water partition coefficient (Wildman–Crippen LogP) is 15.0. The molecule has 15 aromatic rings. The highest BCUT2D eigenvalue weighted by Gasteiger charge is 2.52. The van der Waals surface area contributed by atoms with Gasteiger partial charge in [0, 0.05) is 66.3 Å². The van der Waals surface area contributed by atoms with E-state index in [4.69, 9.17) is 29.1 Å². The van der Waals surface area contributed by atoms with E-state index in [0.29, 0.717) is 17.8 Å². The maximum atomic E-state index is 7.56. The van der Waals surface area contributed by atoms with Crippen LogP contribution < -0.4 is 52.4 Å². The fourth-order valence-corrected chi connectivity index (χ4v) is 16.2. The number of para-hydroxylation sites is 8. The fourth-order valence-electron chi connectivity index (χ4n) is 16.2. The van der Waals surface area contributed by atoms with Gasteiger partial charge in [-0.05, 0) is 136 Å². The van der Waals surface area contributed by atoms with Crippen molar-refractivity contribution in [3.8, 4) is 23.5 Å². The molecule has 430 valence electrons. The number of benzene rings is 10. The number of anilines is 9. The van der Waals surface area contributed by atoms with Gasteiger partial charge in [-0.15, -0.1) is 0 Å². The van der Waals surface area contributed by atoms with E-state index in [1.807, 2.05) is 0 Å². The lowest BCUT2D eigenvalue weighted by Crippen LogP contribution is -2.65. The Morgan fingerprint density at radius 1 is 0.385 bits per heavy atom. The standard InChI is InChI=1S/C78H55B2N9O2/c1-77(2)41-42-78(3,4)55-43-48(39-40-54(55)77)87-69-53-31-15-21-37-65(53)90-70(69)80-58-44-57-63(45-64(58)85(46-23-7-5-8-24-46)71-67(80)72(87)82-75(81-71)88-59-33-17-11-27-49(59)50-28-12-18-34-60(50)88)86(47-25-9-6-10-26-47)73-68-74(91-66-38-22-16-32-56(66)79(57)68)84-76(83-73)89-61-35-19-13-29-51(61)52-30-14-20-36-62(52)89/h5-40,43-45H,41-42H2,1-4H3. The van der Waals surface area contributed by atoms with E-state index in [2.05, 4.69) is 288 Å². The van der Waals surface area contributed by atoms with Gasteiger partial charge < -0.3 is 9.15 Å². The summed E-state index contributed by atoms with van der Waals surface area (Å²) in [5.41, 5.74) is 19.2. The molecule has 20 rings (SSSR count). The van der Waals surface area contributed by atoms with Crippen molar-refractivity contribution in [2.75, 3.05) is 14.7 Å². The van der Waals surface area contributed by atoms with Crippen molar-refractivity contribution in [2.24, 2.45) is 0 Å². The van der Waals surface area contributed by atoms with E-state index < -0.39 is 6.71 Å². The summed E-state index contributed by atoms with van der Waals surface area (Å²) < 4.78 is 19.2. The van der Waals surface area contributed by atoms with E-state index >= 15 is 0 Å². The van der Waals surface area contributed by atoms with Crippen LogP contribution in [-0.4, -0.2) is 42.5 Å². The minimum absolute atomic E-state index is 0.00377. The third kappa shape index (κ3) is 6.95. The zero-order chi connectivity index (χ0) is 60.2. The van der Waals surface area contributed by atoms with E-state index in [1.54, 1.807) is 0 Å². The van der Waals surface area contributed by atoms with Crippen molar-refractivity contribution in [1.82, 2.24) is 29.1 Å². The summed E-state index contributed by atoms with van der Waals surface area (Å²) in [7, 11) is 0. The molecule has 0 bridgehead atoms. The SMILES string of the molecule is CC1(C)CCC(C)(C)c2cc(N3c4nc(-n5c6ccccc6c6ccccc65)nc5c4B(c4cc6c(cc4N5c4ccccc4)N(c4ccccc4)c4nc(-n5c7ccccc7c7ccccc75)nc5c4B6c4ccccc4O5)c4oc5ccccc5c43)ccc21. The lowest BCUT2D eigenvalue weighted by atomic mass is 9.32. The van der Waals surface area contributed by atoms with Crippen LogP contribution in [0.5, 0.6) is 11.6 Å². The second-order valence-electron chi connectivity index (χ2n) is 26.4. The van der Waals surface area contributed by atoms with Crippen molar-refractivity contribution in [2.45, 2.75) is 51.4 Å². The monoisotopic (exact) mass is 1170 g/mol. The maximum absolute atomic E-state index is 7.56. The number of furan rings is 1. The first-order valence-electron chi connectivity index (χ1n) is 31.6. The molecule has 0 radical (unpaired) electrons. The van der Waals surface area contributed by atoms with Gasteiger partial charge in [0.25, 0.3) is 6.71 Å². The Hall–Kier alpha value is -11.2. The first-order chi connectivity index (χ1) is 44.6. The van der Waals surface area contributed by atoms with Crippen molar-refractivity contribution < 1.29 is 9.15 Å². The lowest BCUT2D eigenvalue weighted by Gasteiger charge is -2.44. The summed E-state index contributed by atoms with van der Waals surface area (Å²) in [6, 6.07) is 84.8. The van der Waals surface area contributed by atoms with Crippen LogP contribution in [0.3, 0.4) is 0 Å². The Morgan fingerprint density at radius 3 is 1.45 bits per heavy atom. The average Bonchev–Trinajstić information content (AvgIpc) is 1.62. The first kappa shape index (κ1) is 50.8. The third-order valence-electron chi connectivity index (χ3n) is 20.5. The largest absolute Gasteiger partial charge is 0.468 e. The Morgan fingerprint density at radius 2 is 0.857 bits per heavy atom. The third-order valence-corrected chi connectivity index (χ3v) is 20.5. The van der Waals surface area contributed by atoms with Crippen LogP contribution in [-0.2, 0) is 10.8 Å². The fraction of sp³-hybridized carbons (Fsp3) is 0.103. The number of fused-ring (bicyclic) bond motifs is 17. The number of aromatic nitrogens is 6. The molecule has 0 unspecified atom stereocenters. The summed E-state index contributed by atoms with van der Waals surface area (Å²) in [6.45, 7) is 8.78. The first-order valence-corrected chi connectivity index (χ1v) is 31.6. The topological polar surface area (TPSA) is 93.5 Å². The van der Waals surface area contributed by atoms with Crippen LogP contribution in [0, 0.1) is 0 Å². The van der Waals surface area contributed by atoms with Gasteiger partial charge in [-0.3, -0.25) is 23.8 Å². The number of ether oxygens (including phenoxy) is 1. The minimum Gasteiger partial charge on any atom is -0.468 e. The summed E-state index contributed by atoms with van der Waals surface area (Å²) >= 11 is 0. The molecule has 0 N–H and O–H groups in total. The molecule has 0 spiro atoms. The molecule has 0 saturated carbocycles. The van der Waals surface area contributed by atoms with Crippen molar-refractivity contribution >= 4 is 153 Å². The van der Waals surface area contributed by atoms with Crippen molar-refractivity contribution in [3.63, 3.8) is 0 Å². The van der Waals surface area contributed by atoms with Crippen LogP contribution in [0.2, 0.25) is 0 Å². The van der Waals surface area contributed by atoms with Gasteiger partial charge in [0.15, 0.2) is 0 Å². The highest BCUT2D eigenvalue weighted by atomic mass is 16.5. The van der Waals surface area contributed by atoms with Gasteiger partial charge in [0.1, 0.15) is 28.8 Å². The Bertz CT molecular complexity index is 5550. The van der Waals surface area contributed by atoms with Crippen molar-refractivity contribution in [3.05, 3.63) is 248 Å². The Balaban J connectivity index is 0.919. The highest BCUT2D eigenvalue weighted by molar-refractivity contribution is 7.02. The van der Waals surface area contributed by atoms with Crippen molar-refractivity contribution in [1.29, 1.82) is 0 Å². The second-order valence-corrected chi connectivity index (χ2v) is 26.4. The zero-order valence-corrected chi connectivity index (χ0v) is 50.4. The summed E-state index contributed by atoms with van der Waals surface area (Å²) in [5, 5.41) is 5.51. The molecule has 0 saturated heterocycles. The number of hydrogen-bond acceptors (Lipinski definition) is 9. The van der Waals surface area contributed by atoms with Crippen LogP contribution in [0.1, 0.15) is 51.7 Å². The molecular weight excluding hydrogens is 1120 g/mol. The maximum Gasteiger partial charge on any atom is 0.301 e. The molecular formula is C78H55B2N9O2. The zero-order valence-electron chi connectivity index (χ0n) is 50.4. The lowest BCUT2D eigenvalue weighted by molar-refractivity contribution is 0.332. The van der Waals surface area contributed by atoms with E-state index in [0.717, 1.165) is 158 Å². The molecule has 1 aliphatic carbocycles. The van der Waals surface area contributed by atoms with Gasteiger partial charge in [-0.25, -0.2) is 0 Å². The smallest absolute Gasteiger partial charge is 0.301 e. The van der Waals surface area contributed by atoms with Gasteiger partial charge >= 0.3 is 6.71 Å². The predicted molar refractivity (Wildman–Crippen MR) is 371 cm³/mol. The van der Waals surface area contributed by atoms with Gasteiger partial charge in [0.2, 0.25) is 17.8 Å². The molecule has 91 heavy (non-hydrogen) atoms. The molecule has 5 aromatic heterocycles. The molecule has 5 aliphatic rings. The van der Waals surface area contributed by atoms with Gasteiger partial charge in [-0.2, -0.15) is 19.9 Å². The van der Waals surface area contributed by atoms with Crippen LogP contribution in [0.4, 0.5) is 51.6 Å². The van der Waals surface area contributed by atoms with Crippen LogP contribution in [0.25, 0.3) is 66.5 Å². The normalized spacial score (nSPS) is 15.3. The van der Waals surface area contributed by atoms with E-state index in [1.165, 1.54) is 11.1 Å². The molecule has 0 amide bonds. The molecule has 9 heterocycles. The molecule has 0 fully saturated rings. The Kier molecular flexibility index (Phi) is 10.2. The van der Waals surface area contributed by atoms with Gasteiger partial charge in [-0.1, -0.05) is 179 Å². The summed E-state index contributed by atoms with van der Waals surface area (Å²) in [6.07, 6.45) is 2.19. The molecule has 10 aromatic carbocycles. The second kappa shape index (κ2) is 18.2. The molecule has 11 nitrogen and oxygen atoms in total. The summed E-state index contributed by atoms with van der Waals surface area (Å²) in [5.74, 6) is 4.65. The minimum atomic E-state index is -0.487. The highest BCUT2D eigenvalue weighted by Crippen LogP contribution is 2.52. The van der Waals surface area contributed by atoms with Crippen LogP contribution in [0.15, 0.2) is 241 Å². The van der Waals surface area contributed by atoms with E-state index in [9.17, 15) is 0 Å². The van der Waals surface area contributed by atoms with Gasteiger partial charge in [0.05, 0.1) is 33.4 Å². The number of nitrogens with zero attached hydrogens (tertiary/aromatic N) is 9. The number of hydrogen-bond donors (Lipinski definition) is 0. The number of rotatable bonds is 5. The Labute approximate surface area is 525 Å². The van der Waals surface area contributed by atoms with E-state index in [-0.39, 0.29) is 17.5 Å². The average molecular weight is 1170 g/mol.